The van der Waals surface area contributed by atoms with E-state index in [-0.39, 0.29) is 13.0 Å². The summed E-state index contributed by atoms with van der Waals surface area (Å²) in [6.45, 7) is -0.613. The Hall–Kier alpha value is -1.14. The van der Waals surface area contributed by atoms with E-state index in [1.807, 2.05) is 0 Å². The lowest BCUT2D eigenvalue weighted by Gasteiger charge is -2.28. The topological polar surface area (TPSA) is 98.1 Å². The summed E-state index contributed by atoms with van der Waals surface area (Å²) in [4.78, 5) is 22.4. The van der Waals surface area contributed by atoms with Crippen molar-refractivity contribution >= 4 is 11.9 Å². The number of hydrogen-bond acceptors (Lipinski definition) is 4. The maximum Gasteiger partial charge on any atom is 0.357 e. The molecule has 0 aromatic carbocycles. The molecule has 1 fully saturated rings. The second-order valence-corrected chi connectivity index (χ2v) is 2.93. The highest BCUT2D eigenvalue weighted by atomic mass is 16.4. The molecule has 13 heavy (non-hydrogen) atoms. The molecule has 3 N–H and O–H groups in total. The summed E-state index contributed by atoms with van der Waals surface area (Å²) in [5.74, 6) is -2.21. The van der Waals surface area contributed by atoms with Gasteiger partial charge < -0.3 is 20.2 Å². The first-order valence-corrected chi connectivity index (χ1v) is 3.89. The predicted molar refractivity (Wildman–Crippen MR) is 40.6 cm³/mol. The van der Waals surface area contributed by atoms with Crippen molar-refractivity contribution in [3.8, 4) is 0 Å². The van der Waals surface area contributed by atoms with E-state index in [0.717, 1.165) is 4.90 Å². The summed E-state index contributed by atoms with van der Waals surface area (Å²) in [6, 6.07) is 0. The van der Waals surface area contributed by atoms with Crippen molar-refractivity contribution in [1.29, 1.82) is 0 Å². The lowest BCUT2D eigenvalue weighted by atomic mass is 10.1. The van der Waals surface area contributed by atoms with Crippen LogP contribution in [0.15, 0.2) is 0 Å². The lowest BCUT2D eigenvalue weighted by Crippen LogP contribution is -2.53. The molecule has 1 unspecified atom stereocenters. The SMILES string of the molecule is O=C(CO)N1CCCC1(O)C(=O)O. The Morgan fingerprint density at radius 3 is 2.54 bits per heavy atom. The fraction of sp³-hybridized carbons (Fsp3) is 0.714. The number of aliphatic hydroxyl groups excluding tert-OH is 1. The van der Waals surface area contributed by atoms with Crippen molar-refractivity contribution in [2.45, 2.75) is 18.6 Å². The van der Waals surface area contributed by atoms with Crippen LogP contribution in [-0.2, 0) is 9.59 Å². The third kappa shape index (κ3) is 1.50. The molecule has 0 aromatic rings. The number of aliphatic carboxylic acids is 1. The number of aliphatic hydroxyl groups is 2. The average molecular weight is 189 g/mol. The summed E-state index contributed by atoms with van der Waals surface area (Å²) in [6.07, 6.45) is 0.433. The van der Waals surface area contributed by atoms with Crippen LogP contribution >= 0.6 is 0 Å². The molecule has 1 rings (SSSR count). The monoisotopic (exact) mass is 189 g/mol. The number of likely N-dealkylation sites (tertiary alicyclic amines) is 1. The molecule has 0 spiro atoms. The minimum absolute atomic E-state index is 0.00801. The molecule has 1 atom stereocenters. The summed E-state index contributed by atoms with van der Waals surface area (Å²) in [7, 11) is 0. The Balaban J connectivity index is 2.85. The van der Waals surface area contributed by atoms with E-state index >= 15 is 0 Å². The maximum absolute atomic E-state index is 11.0. The minimum atomic E-state index is -2.13. The van der Waals surface area contributed by atoms with Crippen molar-refractivity contribution < 1.29 is 24.9 Å². The van der Waals surface area contributed by atoms with Crippen LogP contribution in [0.2, 0.25) is 0 Å². The molecular formula is C7H11NO5. The predicted octanol–water partition coefficient (Wildman–Crippen LogP) is -1.63. The number of carboxylic acids is 1. The molecule has 6 nitrogen and oxygen atoms in total. The Kier molecular flexibility index (Phi) is 2.53. The van der Waals surface area contributed by atoms with E-state index in [9.17, 15) is 14.7 Å². The van der Waals surface area contributed by atoms with Crippen LogP contribution in [0.4, 0.5) is 0 Å². The largest absolute Gasteiger partial charge is 0.478 e. The second-order valence-electron chi connectivity index (χ2n) is 2.93. The summed E-state index contributed by atoms with van der Waals surface area (Å²) in [5.41, 5.74) is -2.13. The van der Waals surface area contributed by atoms with Gasteiger partial charge in [-0.05, 0) is 6.42 Å². The molecule has 0 saturated carbocycles. The van der Waals surface area contributed by atoms with Crippen LogP contribution in [0.25, 0.3) is 0 Å². The van der Waals surface area contributed by atoms with Crippen LogP contribution in [-0.4, -0.2) is 51.0 Å². The van der Waals surface area contributed by atoms with E-state index in [1.165, 1.54) is 0 Å². The molecule has 1 aliphatic heterocycles. The molecule has 0 bridgehead atoms. The molecule has 1 aliphatic rings. The third-order valence-corrected chi connectivity index (χ3v) is 2.13. The van der Waals surface area contributed by atoms with Gasteiger partial charge in [0.15, 0.2) is 0 Å². The standard InChI is InChI=1S/C7H11NO5/c9-4-5(10)8-3-1-2-7(8,13)6(11)12/h9,13H,1-4H2,(H,11,12). The normalized spacial score (nSPS) is 27.7. The second kappa shape index (κ2) is 3.31. The van der Waals surface area contributed by atoms with Crippen molar-refractivity contribution in [3.05, 3.63) is 0 Å². The van der Waals surface area contributed by atoms with Gasteiger partial charge in [-0.2, -0.15) is 0 Å². The molecular weight excluding hydrogens is 178 g/mol. The number of rotatable bonds is 2. The summed E-state index contributed by atoms with van der Waals surface area (Å²) in [5, 5.41) is 26.7. The van der Waals surface area contributed by atoms with Crippen LogP contribution in [0.1, 0.15) is 12.8 Å². The Labute approximate surface area is 74.4 Å². The van der Waals surface area contributed by atoms with Gasteiger partial charge in [0.2, 0.25) is 5.72 Å². The van der Waals surface area contributed by atoms with Crippen LogP contribution in [0, 0.1) is 0 Å². The number of nitrogens with zero attached hydrogens (tertiary/aromatic N) is 1. The molecule has 74 valence electrons. The van der Waals surface area contributed by atoms with Crippen molar-refractivity contribution in [1.82, 2.24) is 4.90 Å². The summed E-state index contributed by atoms with van der Waals surface area (Å²) < 4.78 is 0. The van der Waals surface area contributed by atoms with E-state index in [1.54, 1.807) is 0 Å². The number of carboxylic acid groups (broad SMARTS) is 1. The summed E-state index contributed by atoms with van der Waals surface area (Å²) >= 11 is 0. The molecule has 6 heteroatoms. The van der Waals surface area contributed by atoms with Gasteiger partial charge in [-0.1, -0.05) is 0 Å². The van der Waals surface area contributed by atoms with Gasteiger partial charge >= 0.3 is 5.97 Å². The highest BCUT2D eigenvalue weighted by Crippen LogP contribution is 2.26. The fourth-order valence-electron chi connectivity index (χ4n) is 1.44. The van der Waals surface area contributed by atoms with Gasteiger partial charge in [0.1, 0.15) is 6.61 Å². The van der Waals surface area contributed by atoms with Crippen molar-refractivity contribution in [2.24, 2.45) is 0 Å². The fourth-order valence-corrected chi connectivity index (χ4v) is 1.44. The maximum atomic E-state index is 11.0. The molecule has 1 heterocycles. The zero-order valence-electron chi connectivity index (χ0n) is 6.93. The van der Waals surface area contributed by atoms with Gasteiger partial charge in [0.05, 0.1) is 0 Å². The Morgan fingerprint density at radius 2 is 2.08 bits per heavy atom. The molecule has 0 aliphatic carbocycles. The van der Waals surface area contributed by atoms with Gasteiger partial charge in [-0.25, -0.2) is 4.79 Å². The van der Waals surface area contributed by atoms with Gasteiger partial charge in [0.25, 0.3) is 5.91 Å². The van der Waals surface area contributed by atoms with Crippen LogP contribution in [0.3, 0.4) is 0 Å². The first-order chi connectivity index (χ1) is 6.02. The Bertz CT molecular complexity index is 241. The molecule has 0 aromatic heterocycles. The number of amides is 1. The highest BCUT2D eigenvalue weighted by Gasteiger charge is 2.48. The van der Waals surface area contributed by atoms with Gasteiger partial charge in [0, 0.05) is 13.0 Å². The van der Waals surface area contributed by atoms with E-state index in [4.69, 9.17) is 10.2 Å². The lowest BCUT2D eigenvalue weighted by molar-refractivity contribution is -0.183. The number of hydrogen-bond donors (Lipinski definition) is 3. The smallest absolute Gasteiger partial charge is 0.357 e. The minimum Gasteiger partial charge on any atom is -0.478 e. The first-order valence-electron chi connectivity index (χ1n) is 3.89. The van der Waals surface area contributed by atoms with E-state index in [2.05, 4.69) is 0 Å². The quantitative estimate of drug-likeness (QED) is 0.484. The van der Waals surface area contributed by atoms with Crippen molar-refractivity contribution in [2.75, 3.05) is 13.2 Å². The average Bonchev–Trinajstić information content (AvgIpc) is 2.47. The zero-order valence-corrected chi connectivity index (χ0v) is 6.93. The Morgan fingerprint density at radius 1 is 1.46 bits per heavy atom. The number of carbonyl (C=O) groups is 2. The number of carbonyl (C=O) groups excluding carboxylic acids is 1. The third-order valence-electron chi connectivity index (χ3n) is 2.13. The van der Waals surface area contributed by atoms with E-state index in [0.29, 0.717) is 6.42 Å². The van der Waals surface area contributed by atoms with Gasteiger partial charge in [-0.3, -0.25) is 4.79 Å². The van der Waals surface area contributed by atoms with Crippen molar-refractivity contribution in [3.63, 3.8) is 0 Å². The zero-order chi connectivity index (χ0) is 10.1. The molecule has 0 radical (unpaired) electrons. The van der Waals surface area contributed by atoms with Crippen LogP contribution in [0.5, 0.6) is 0 Å². The van der Waals surface area contributed by atoms with Crippen LogP contribution < -0.4 is 0 Å². The van der Waals surface area contributed by atoms with E-state index < -0.39 is 24.2 Å². The molecule has 1 saturated heterocycles. The first kappa shape index (κ1) is 9.94. The highest BCUT2D eigenvalue weighted by molar-refractivity contribution is 5.86. The molecule has 1 amide bonds. The van der Waals surface area contributed by atoms with Gasteiger partial charge in [-0.15, -0.1) is 0 Å².